The highest BCUT2D eigenvalue weighted by Gasteiger charge is 2.26. The zero-order valence-corrected chi connectivity index (χ0v) is 17.1. The first kappa shape index (κ1) is 19.9. The molecule has 0 saturated carbocycles. The Kier molecular flexibility index (Phi) is 6.16. The molecule has 0 bridgehead atoms. The van der Waals surface area contributed by atoms with Crippen molar-refractivity contribution in [1.82, 2.24) is 14.9 Å². The molecule has 3 heterocycles. The predicted molar refractivity (Wildman–Crippen MR) is 114 cm³/mol. The molecule has 1 atom stereocenters. The van der Waals surface area contributed by atoms with Crippen molar-refractivity contribution < 1.29 is 9.90 Å². The van der Waals surface area contributed by atoms with E-state index >= 15 is 0 Å². The Balaban J connectivity index is 1.46. The summed E-state index contributed by atoms with van der Waals surface area (Å²) >= 11 is 6.21. The lowest BCUT2D eigenvalue weighted by Crippen LogP contribution is -2.36. The van der Waals surface area contributed by atoms with Crippen LogP contribution in [0.3, 0.4) is 0 Å². The van der Waals surface area contributed by atoms with Gasteiger partial charge in [-0.25, -0.2) is 9.97 Å². The maximum Gasteiger partial charge on any atom is 0.255 e. The average molecular weight is 416 g/mol. The molecular formula is C21H26ClN5O2. The highest BCUT2D eigenvalue weighted by atomic mass is 35.5. The maximum absolute atomic E-state index is 12.9. The minimum Gasteiger partial charge on any atom is -0.394 e. The summed E-state index contributed by atoms with van der Waals surface area (Å²) in [7, 11) is 0. The lowest BCUT2D eigenvalue weighted by molar-refractivity contribution is 0.0767. The SMILES string of the molecule is O=C(c1ccccc1Cl)N1CCCN(c2cc(N3CCCC3CO)ncn2)CC1. The molecular weight excluding hydrogens is 390 g/mol. The van der Waals surface area contributed by atoms with Gasteiger partial charge in [-0.3, -0.25) is 4.79 Å². The molecule has 1 unspecified atom stereocenters. The number of carbonyl (C=O) groups is 1. The van der Waals surface area contributed by atoms with Gasteiger partial charge in [0.05, 0.1) is 23.2 Å². The van der Waals surface area contributed by atoms with E-state index in [1.807, 2.05) is 23.1 Å². The molecule has 1 amide bonds. The molecule has 2 aliphatic heterocycles. The molecule has 2 fully saturated rings. The van der Waals surface area contributed by atoms with Gasteiger partial charge in [-0.1, -0.05) is 23.7 Å². The summed E-state index contributed by atoms with van der Waals surface area (Å²) < 4.78 is 0. The Labute approximate surface area is 175 Å². The van der Waals surface area contributed by atoms with Crippen molar-refractivity contribution in [2.75, 3.05) is 49.1 Å². The van der Waals surface area contributed by atoms with Crippen molar-refractivity contribution in [3.8, 4) is 0 Å². The predicted octanol–water partition coefficient (Wildman–Crippen LogP) is 2.44. The van der Waals surface area contributed by atoms with Gasteiger partial charge in [-0.2, -0.15) is 0 Å². The maximum atomic E-state index is 12.9. The number of rotatable bonds is 4. The molecule has 29 heavy (non-hydrogen) atoms. The summed E-state index contributed by atoms with van der Waals surface area (Å²) in [5.74, 6) is 1.70. The molecule has 0 aliphatic carbocycles. The van der Waals surface area contributed by atoms with Crippen molar-refractivity contribution in [2.45, 2.75) is 25.3 Å². The number of benzene rings is 1. The number of anilines is 2. The van der Waals surface area contributed by atoms with Gasteiger partial charge in [0.25, 0.3) is 5.91 Å². The van der Waals surface area contributed by atoms with Crippen LogP contribution in [0.4, 0.5) is 11.6 Å². The van der Waals surface area contributed by atoms with Gasteiger partial charge < -0.3 is 19.8 Å². The van der Waals surface area contributed by atoms with Crippen LogP contribution in [-0.2, 0) is 0 Å². The first-order valence-electron chi connectivity index (χ1n) is 10.2. The van der Waals surface area contributed by atoms with Gasteiger partial charge in [0.1, 0.15) is 18.0 Å². The summed E-state index contributed by atoms with van der Waals surface area (Å²) in [5, 5.41) is 10.1. The molecule has 4 rings (SSSR count). The first-order valence-corrected chi connectivity index (χ1v) is 10.5. The third-order valence-electron chi connectivity index (χ3n) is 5.73. The van der Waals surface area contributed by atoms with Crippen LogP contribution in [0.2, 0.25) is 5.02 Å². The highest BCUT2D eigenvalue weighted by Crippen LogP contribution is 2.26. The first-order chi connectivity index (χ1) is 14.2. The summed E-state index contributed by atoms with van der Waals surface area (Å²) in [5.41, 5.74) is 0.552. The zero-order chi connectivity index (χ0) is 20.2. The van der Waals surface area contributed by atoms with E-state index < -0.39 is 0 Å². The monoisotopic (exact) mass is 415 g/mol. The molecule has 8 heteroatoms. The Morgan fingerprint density at radius 1 is 1.07 bits per heavy atom. The molecule has 0 radical (unpaired) electrons. The quantitative estimate of drug-likeness (QED) is 0.826. The van der Waals surface area contributed by atoms with E-state index in [0.717, 1.165) is 44.0 Å². The molecule has 154 valence electrons. The van der Waals surface area contributed by atoms with Gasteiger partial charge in [0.2, 0.25) is 0 Å². The second-order valence-corrected chi connectivity index (χ2v) is 7.93. The lowest BCUT2D eigenvalue weighted by Gasteiger charge is -2.26. The minimum absolute atomic E-state index is 0.0244. The fourth-order valence-electron chi connectivity index (χ4n) is 4.15. The Morgan fingerprint density at radius 3 is 2.72 bits per heavy atom. The molecule has 1 aromatic carbocycles. The minimum atomic E-state index is -0.0244. The number of hydrogen-bond acceptors (Lipinski definition) is 6. The van der Waals surface area contributed by atoms with Crippen molar-refractivity contribution in [2.24, 2.45) is 0 Å². The third kappa shape index (κ3) is 4.31. The molecule has 1 aromatic heterocycles. The van der Waals surface area contributed by atoms with Crippen LogP contribution in [0.5, 0.6) is 0 Å². The molecule has 0 spiro atoms. The van der Waals surface area contributed by atoms with Crippen LogP contribution in [-0.4, -0.2) is 71.3 Å². The van der Waals surface area contributed by atoms with Crippen molar-refractivity contribution in [3.05, 3.63) is 47.2 Å². The van der Waals surface area contributed by atoms with E-state index in [0.29, 0.717) is 30.2 Å². The second kappa shape index (κ2) is 8.97. The normalized spacial score (nSPS) is 20.1. The third-order valence-corrected chi connectivity index (χ3v) is 6.06. The van der Waals surface area contributed by atoms with E-state index in [1.54, 1.807) is 18.5 Å². The summed E-state index contributed by atoms with van der Waals surface area (Å²) in [6.07, 6.45) is 4.50. The zero-order valence-electron chi connectivity index (χ0n) is 16.4. The Hall–Kier alpha value is -2.38. The van der Waals surface area contributed by atoms with Crippen LogP contribution in [0.1, 0.15) is 29.6 Å². The number of aromatic nitrogens is 2. The van der Waals surface area contributed by atoms with Crippen LogP contribution in [0.25, 0.3) is 0 Å². The average Bonchev–Trinajstić information content (AvgIpc) is 3.10. The van der Waals surface area contributed by atoms with E-state index in [1.165, 1.54) is 0 Å². The lowest BCUT2D eigenvalue weighted by atomic mass is 10.2. The van der Waals surface area contributed by atoms with Crippen molar-refractivity contribution in [1.29, 1.82) is 0 Å². The smallest absolute Gasteiger partial charge is 0.255 e. The highest BCUT2D eigenvalue weighted by molar-refractivity contribution is 6.33. The van der Waals surface area contributed by atoms with Crippen molar-refractivity contribution >= 4 is 29.1 Å². The number of aliphatic hydroxyl groups excluding tert-OH is 1. The van der Waals surface area contributed by atoms with Crippen LogP contribution in [0, 0.1) is 0 Å². The van der Waals surface area contributed by atoms with Crippen molar-refractivity contribution in [3.63, 3.8) is 0 Å². The Morgan fingerprint density at radius 2 is 1.90 bits per heavy atom. The van der Waals surface area contributed by atoms with Crippen LogP contribution in [0.15, 0.2) is 36.7 Å². The van der Waals surface area contributed by atoms with E-state index in [2.05, 4.69) is 19.8 Å². The topological polar surface area (TPSA) is 72.8 Å². The van der Waals surface area contributed by atoms with E-state index in [-0.39, 0.29) is 18.6 Å². The van der Waals surface area contributed by atoms with E-state index in [4.69, 9.17) is 11.6 Å². The number of amides is 1. The Bertz CT molecular complexity index is 864. The summed E-state index contributed by atoms with van der Waals surface area (Å²) in [6.45, 7) is 3.88. The molecule has 7 nitrogen and oxygen atoms in total. The summed E-state index contributed by atoms with van der Waals surface area (Å²) in [6, 6.07) is 9.32. The molecule has 2 saturated heterocycles. The van der Waals surface area contributed by atoms with Gasteiger partial charge in [0, 0.05) is 38.8 Å². The summed E-state index contributed by atoms with van der Waals surface area (Å²) in [4.78, 5) is 28.0. The van der Waals surface area contributed by atoms with Gasteiger partial charge in [0.15, 0.2) is 0 Å². The number of nitrogens with zero attached hydrogens (tertiary/aromatic N) is 5. The fourth-order valence-corrected chi connectivity index (χ4v) is 4.37. The number of halogens is 1. The standard InChI is InChI=1S/C21H26ClN5O2/c22-18-7-2-1-6-17(18)21(29)26-9-4-8-25(11-12-26)19-13-20(24-15-23-19)27-10-3-5-16(27)14-28/h1-2,6-7,13,15-16,28H,3-5,8-12,14H2. The van der Waals surface area contributed by atoms with Crippen LogP contribution >= 0.6 is 11.6 Å². The molecule has 1 N–H and O–H groups in total. The number of hydrogen-bond donors (Lipinski definition) is 1. The molecule has 2 aliphatic rings. The van der Waals surface area contributed by atoms with E-state index in [9.17, 15) is 9.90 Å². The van der Waals surface area contributed by atoms with Crippen LogP contribution < -0.4 is 9.80 Å². The number of aliphatic hydroxyl groups is 1. The number of carbonyl (C=O) groups excluding carboxylic acids is 1. The van der Waals surface area contributed by atoms with Gasteiger partial charge in [-0.15, -0.1) is 0 Å². The van der Waals surface area contributed by atoms with Gasteiger partial charge >= 0.3 is 0 Å². The largest absolute Gasteiger partial charge is 0.394 e. The second-order valence-electron chi connectivity index (χ2n) is 7.52. The fraction of sp³-hybridized carbons (Fsp3) is 0.476. The van der Waals surface area contributed by atoms with Gasteiger partial charge in [-0.05, 0) is 31.4 Å². The molecule has 2 aromatic rings.